The molecule has 0 aliphatic rings. The first-order chi connectivity index (χ1) is 47.7. The van der Waals surface area contributed by atoms with Gasteiger partial charge in [-0.3, -0.25) is 37.3 Å². The summed E-state index contributed by atoms with van der Waals surface area (Å²) >= 11 is 0. The lowest BCUT2D eigenvalue weighted by Gasteiger charge is -2.21. The lowest BCUT2D eigenvalue weighted by atomic mass is 10.0. The van der Waals surface area contributed by atoms with Crippen molar-refractivity contribution in [2.24, 2.45) is 0 Å². The second-order valence-electron chi connectivity index (χ2n) is 26.6. The number of allylic oxidation sites excluding steroid dienone is 10. The molecule has 0 rings (SSSR count). The molecule has 0 bridgehead atoms. The molecule has 17 nitrogen and oxygen atoms in total. The third-order valence-corrected chi connectivity index (χ3v) is 18.9. The van der Waals surface area contributed by atoms with Crippen LogP contribution in [0.2, 0.25) is 0 Å². The van der Waals surface area contributed by atoms with Crippen LogP contribution in [0.15, 0.2) is 60.8 Å². The summed E-state index contributed by atoms with van der Waals surface area (Å²) in [6.45, 7) is 4.77. The number of ether oxygens (including phenoxy) is 4. The minimum Gasteiger partial charge on any atom is -0.462 e. The van der Waals surface area contributed by atoms with Crippen LogP contribution in [0.4, 0.5) is 0 Å². The number of carbonyl (C=O) groups excluding carboxylic acids is 4. The van der Waals surface area contributed by atoms with Crippen LogP contribution in [0.3, 0.4) is 0 Å². The Labute approximate surface area is 597 Å². The predicted octanol–water partition coefficient (Wildman–Crippen LogP) is 22.7. The number of phosphoric acid groups is 2. The highest BCUT2D eigenvalue weighted by Crippen LogP contribution is 2.45. The molecule has 0 aliphatic carbocycles. The minimum atomic E-state index is -4.98. The molecule has 0 aromatic rings. The molecule has 98 heavy (non-hydrogen) atoms. The van der Waals surface area contributed by atoms with E-state index in [4.69, 9.17) is 37.0 Å². The zero-order valence-electron chi connectivity index (χ0n) is 62.5. The van der Waals surface area contributed by atoms with Gasteiger partial charge in [0, 0.05) is 25.7 Å². The Bertz CT molecular complexity index is 2100. The monoisotopic (exact) mass is 1430 g/mol. The van der Waals surface area contributed by atoms with Gasteiger partial charge in [0.2, 0.25) is 0 Å². The first-order valence-corrected chi connectivity index (χ1v) is 42.5. The number of esters is 4. The molecular weight excluding hydrogens is 1280 g/mol. The van der Waals surface area contributed by atoms with Crippen LogP contribution in [0.1, 0.15) is 362 Å². The summed E-state index contributed by atoms with van der Waals surface area (Å²) in [7, 11) is -9.94. The summed E-state index contributed by atoms with van der Waals surface area (Å²) < 4.78 is 68.5. The predicted molar refractivity (Wildman–Crippen MR) is 400 cm³/mol. The van der Waals surface area contributed by atoms with Crippen LogP contribution in [-0.4, -0.2) is 96.7 Å². The van der Waals surface area contributed by atoms with Crippen LogP contribution in [0.25, 0.3) is 0 Å². The third kappa shape index (κ3) is 71.2. The summed E-state index contributed by atoms with van der Waals surface area (Å²) in [5, 5.41) is 10.6. The normalized spacial score (nSPS) is 14.2. The standard InChI is InChI=1S/C79H144O17P2/c1-5-9-13-17-21-25-29-33-36-40-43-47-51-55-59-63-76(81)89-69-74(95-78(83)65-61-57-53-49-45-39-32-28-24-20-16-12-8-4)71-93-97(85,86)91-67-73(80)68-92-98(87,88)94-72-75(96-79(84)66-62-58-54-50-46-42-38-35-31-27-23-19-15-11-7-3)70-90-77(82)64-60-56-52-48-44-41-37-34-30-26-22-18-14-10-6-2/h10,14,22,26,33-34,36-37,44,48,73-75,80H,5-9,11-13,15-21,23-25,27-32,35,38-43,45-47,49-72H2,1-4H3,(H,85,86)(H,87,88)/b14-10-,26-22-,36-33-,37-34-,48-44-. The first kappa shape index (κ1) is 94.8. The number of aliphatic hydroxyl groups is 1. The van der Waals surface area contributed by atoms with Crippen molar-refractivity contribution < 1.29 is 80.2 Å². The van der Waals surface area contributed by atoms with Crippen LogP contribution in [0.5, 0.6) is 0 Å². The SMILES string of the molecule is CC/C=C\C/C=C\C/C=C\C/C=C\CCCCC(=O)OCC(COP(=O)(O)OCC(O)COP(=O)(O)OCC(COC(=O)CCCCCCC/C=C\CCCCCCCC)OC(=O)CCCCCCCCCCCCCCC)OC(=O)CCCCCCCCCCCCCCCCC. The van der Waals surface area contributed by atoms with Crippen molar-refractivity contribution >= 4 is 39.5 Å². The Morgan fingerprint density at radius 3 is 0.847 bits per heavy atom. The molecular formula is C79H144O17P2. The van der Waals surface area contributed by atoms with E-state index in [1.165, 1.54) is 154 Å². The second kappa shape index (κ2) is 72.1. The maximum absolute atomic E-state index is 13.1. The molecule has 0 heterocycles. The van der Waals surface area contributed by atoms with Crippen molar-refractivity contribution in [2.45, 2.75) is 380 Å². The average Bonchev–Trinajstić information content (AvgIpc) is 1.04. The van der Waals surface area contributed by atoms with Crippen molar-refractivity contribution in [3.63, 3.8) is 0 Å². The molecule has 0 saturated carbocycles. The van der Waals surface area contributed by atoms with Crippen molar-refractivity contribution in [2.75, 3.05) is 39.6 Å². The Hall–Kier alpha value is -3.24. The fourth-order valence-corrected chi connectivity index (χ4v) is 12.6. The molecule has 0 radical (unpaired) electrons. The average molecular weight is 1430 g/mol. The van der Waals surface area contributed by atoms with E-state index >= 15 is 0 Å². The third-order valence-electron chi connectivity index (χ3n) is 17.0. The van der Waals surface area contributed by atoms with E-state index < -0.39 is 97.5 Å². The van der Waals surface area contributed by atoms with Crippen LogP contribution < -0.4 is 0 Å². The van der Waals surface area contributed by atoms with E-state index in [1.54, 1.807) is 0 Å². The number of aliphatic hydroxyl groups excluding tert-OH is 1. The Morgan fingerprint density at radius 2 is 0.531 bits per heavy atom. The molecule has 0 aromatic heterocycles. The molecule has 0 amide bonds. The zero-order chi connectivity index (χ0) is 71.8. The molecule has 572 valence electrons. The fourth-order valence-electron chi connectivity index (χ4n) is 11.0. The lowest BCUT2D eigenvalue weighted by molar-refractivity contribution is -0.161. The Morgan fingerprint density at radius 1 is 0.296 bits per heavy atom. The highest BCUT2D eigenvalue weighted by Gasteiger charge is 2.30. The number of rotatable bonds is 75. The number of hydrogen-bond acceptors (Lipinski definition) is 15. The van der Waals surface area contributed by atoms with Crippen molar-refractivity contribution in [1.82, 2.24) is 0 Å². The molecule has 3 N–H and O–H groups in total. The molecule has 19 heteroatoms. The lowest BCUT2D eigenvalue weighted by Crippen LogP contribution is -2.30. The van der Waals surface area contributed by atoms with E-state index in [-0.39, 0.29) is 25.7 Å². The number of phosphoric ester groups is 2. The molecule has 0 spiro atoms. The van der Waals surface area contributed by atoms with Gasteiger partial charge in [-0.05, 0) is 89.9 Å². The van der Waals surface area contributed by atoms with E-state index in [0.29, 0.717) is 25.7 Å². The number of unbranched alkanes of at least 4 members (excludes halogenated alkanes) is 39. The van der Waals surface area contributed by atoms with Crippen molar-refractivity contribution in [3.8, 4) is 0 Å². The molecule has 0 saturated heterocycles. The fraction of sp³-hybridized carbons (Fsp3) is 0.823. The summed E-state index contributed by atoms with van der Waals surface area (Å²) in [4.78, 5) is 72.9. The molecule has 5 unspecified atom stereocenters. The smallest absolute Gasteiger partial charge is 0.462 e. The number of carbonyl (C=O) groups is 4. The van der Waals surface area contributed by atoms with Gasteiger partial charge in [-0.15, -0.1) is 0 Å². The van der Waals surface area contributed by atoms with E-state index in [1.807, 2.05) is 0 Å². The van der Waals surface area contributed by atoms with Gasteiger partial charge in [-0.25, -0.2) is 9.13 Å². The first-order valence-electron chi connectivity index (χ1n) is 39.5. The number of hydrogen-bond donors (Lipinski definition) is 3. The van der Waals surface area contributed by atoms with Gasteiger partial charge in [-0.2, -0.15) is 0 Å². The van der Waals surface area contributed by atoms with Crippen molar-refractivity contribution in [3.05, 3.63) is 60.8 Å². The van der Waals surface area contributed by atoms with E-state index in [2.05, 4.69) is 88.5 Å². The summed E-state index contributed by atoms with van der Waals surface area (Å²) in [5.41, 5.74) is 0. The van der Waals surface area contributed by atoms with Gasteiger partial charge in [0.05, 0.1) is 26.4 Å². The zero-order valence-corrected chi connectivity index (χ0v) is 64.3. The van der Waals surface area contributed by atoms with Gasteiger partial charge >= 0.3 is 39.5 Å². The quantitative estimate of drug-likeness (QED) is 0.0169. The molecule has 5 atom stereocenters. The summed E-state index contributed by atoms with van der Waals surface area (Å²) in [6, 6.07) is 0. The molecule has 0 aliphatic heterocycles. The Balaban J connectivity index is 5.34. The summed E-state index contributed by atoms with van der Waals surface area (Å²) in [5.74, 6) is -2.20. The highest BCUT2D eigenvalue weighted by atomic mass is 31.2. The Kier molecular flexibility index (Phi) is 69.7. The van der Waals surface area contributed by atoms with Gasteiger partial charge in [0.15, 0.2) is 12.2 Å². The summed E-state index contributed by atoms with van der Waals surface area (Å²) in [6.07, 6.45) is 70.6. The van der Waals surface area contributed by atoms with E-state index in [0.717, 1.165) is 128 Å². The largest absolute Gasteiger partial charge is 0.472 e. The molecule has 0 fully saturated rings. The van der Waals surface area contributed by atoms with Gasteiger partial charge < -0.3 is 33.8 Å². The van der Waals surface area contributed by atoms with Gasteiger partial charge in [-0.1, -0.05) is 307 Å². The van der Waals surface area contributed by atoms with E-state index in [9.17, 15) is 43.2 Å². The van der Waals surface area contributed by atoms with Crippen molar-refractivity contribution in [1.29, 1.82) is 0 Å². The van der Waals surface area contributed by atoms with Gasteiger partial charge in [0.25, 0.3) is 0 Å². The topological polar surface area (TPSA) is 237 Å². The highest BCUT2D eigenvalue weighted by molar-refractivity contribution is 7.47. The van der Waals surface area contributed by atoms with Gasteiger partial charge in [0.1, 0.15) is 19.3 Å². The minimum absolute atomic E-state index is 0.0922. The van der Waals surface area contributed by atoms with Crippen LogP contribution in [0, 0.1) is 0 Å². The maximum Gasteiger partial charge on any atom is 0.472 e. The van der Waals surface area contributed by atoms with Crippen LogP contribution in [-0.2, 0) is 65.4 Å². The molecule has 0 aromatic carbocycles. The second-order valence-corrected chi connectivity index (χ2v) is 29.5. The van der Waals surface area contributed by atoms with Crippen LogP contribution >= 0.6 is 15.6 Å². The maximum atomic E-state index is 13.1.